The number of aliphatic hydroxyl groups excluding tert-OH is 1. The minimum atomic E-state index is -0.0598. The minimum absolute atomic E-state index is 0.0598. The molecule has 0 amide bonds. The minimum Gasteiger partial charge on any atom is -0.393 e. The first-order chi connectivity index (χ1) is 8.76. The predicted molar refractivity (Wildman–Crippen MR) is 71.8 cm³/mol. The van der Waals surface area contributed by atoms with E-state index in [1.165, 1.54) is 17.5 Å². The van der Waals surface area contributed by atoms with Crippen molar-refractivity contribution in [2.75, 3.05) is 13.1 Å². The Hall–Kier alpha value is -0.900. The maximum atomic E-state index is 9.92. The molecule has 1 aromatic rings. The molecular formula is C15H22N2O. The van der Waals surface area contributed by atoms with Crippen molar-refractivity contribution in [2.45, 2.75) is 32.0 Å². The molecule has 2 fully saturated rings. The van der Waals surface area contributed by atoms with Gasteiger partial charge in [-0.05, 0) is 29.9 Å². The van der Waals surface area contributed by atoms with E-state index in [0.29, 0.717) is 12.5 Å². The predicted octanol–water partition coefficient (Wildman–Crippen LogP) is 1.35. The number of fused-ring (bicyclic) bond motifs is 1. The lowest BCUT2D eigenvalue weighted by molar-refractivity contribution is 0.123. The summed E-state index contributed by atoms with van der Waals surface area (Å²) < 4.78 is 0. The fraction of sp³-hybridized carbons (Fsp3) is 0.600. The number of likely N-dealkylation sites (tertiary alicyclic amines) is 1. The highest BCUT2D eigenvalue weighted by Crippen LogP contribution is 2.38. The van der Waals surface area contributed by atoms with Gasteiger partial charge in [0.1, 0.15) is 0 Å². The molecule has 3 heteroatoms. The van der Waals surface area contributed by atoms with Crippen LogP contribution >= 0.6 is 0 Å². The normalized spacial score (nSPS) is 31.8. The van der Waals surface area contributed by atoms with Crippen LogP contribution in [0.3, 0.4) is 0 Å². The molecule has 1 saturated heterocycles. The Kier molecular flexibility index (Phi) is 3.37. The summed E-state index contributed by atoms with van der Waals surface area (Å²) in [5.74, 6) is 1.24. The van der Waals surface area contributed by atoms with E-state index in [1.807, 2.05) is 0 Å². The topological polar surface area (TPSA) is 49.5 Å². The smallest absolute Gasteiger partial charge is 0.0583 e. The van der Waals surface area contributed by atoms with Crippen LogP contribution in [0.4, 0.5) is 0 Å². The van der Waals surface area contributed by atoms with E-state index in [9.17, 15) is 5.11 Å². The molecule has 0 bridgehead atoms. The average molecular weight is 246 g/mol. The third-order valence-corrected chi connectivity index (χ3v) is 4.53. The van der Waals surface area contributed by atoms with Gasteiger partial charge >= 0.3 is 0 Å². The van der Waals surface area contributed by atoms with Gasteiger partial charge in [-0.15, -0.1) is 0 Å². The zero-order valence-corrected chi connectivity index (χ0v) is 10.8. The van der Waals surface area contributed by atoms with Crippen LogP contribution < -0.4 is 5.73 Å². The molecule has 0 aromatic heterocycles. The fourth-order valence-electron chi connectivity index (χ4n) is 3.57. The number of hydrogen-bond acceptors (Lipinski definition) is 3. The van der Waals surface area contributed by atoms with Crippen molar-refractivity contribution in [3.05, 3.63) is 35.4 Å². The maximum Gasteiger partial charge on any atom is 0.0583 e. The Morgan fingerprint density at radius 2 is 2.06 bits per heavy atom. The Morgan fingerprint density at radius 1 is 1.22 bits per heavy atom. The summed E-state index contributed by atoms with van der Waals surface area (Å²) in [4.78, 5) is 2.48. The maximum absolute atomic E-state index is 9.92. The lowest BCUT2D eigenvalue weighted by Gasteiger charge is -2.18. The van der Waals surface area contributed by atoms with Gasteiger partial charge in [0.15, 0.2) is 0 Å². The highest BCUT2D eigenvalue weighted by molar-refractivity contribution is 5.23. The third kappa shape index (κ3) is 2.30. The van der Waals surface area contributed by atoms with Crippen molar-refractivity contribution in [2.24, 2.45) is 17.6 Å². The van der Waals surface area contributed by atoms with Gasteiger partial charge in [-0.1, -0.05) is 24.3 Å². The summed E-state index contributed by atoms with van der Waals surface area (Å²) >= 11 is 0. The zero-order chi connectivity index (χ0) is 12.5. The highest BCUT2D eigenvalue weighted by atomic mass is 16.3. The van der Waals surface area contributed by atoms with Gasteiger partial charge in [0.05, 0.1) is 6.10 Å². The first-order valence-electron chi connectivity index (χ1n) is 6.94. The third-order valence-electron chi connectivity index (χ3n) is 4.53. The van der Waals surface area contributed by atoms with Crippen molar-refractivity contribution < 1.29 is 5.11 Å². The first kappa shape index (κ1) is 12.2. The zero-order valence-electron chi connectivity index (χ0n) is 10.8. The van der Waals surface area contributed by atoms with Crippen molar-refractivity contribution in [1.29, 1.82) is 0 Å². The van der Waals surface area contributed by atoms with E-state index in [2.05, 4.69) is 29.2 Å². The molecule has 1 aliphatic carbocycles. The molecule has 1 aromatic carbocycles. The molecule has 1 saturated carbocycles. The standard InChI is InChI=1S/C15H22N2O/c16-7-11-2-1-3-12(6-11)8-17-9-13-4-5-15(18)14(13)10-17/h1-3,6,13-15,18H,4-5,7-10,16H2. The molecule has 3 nitrogen and oxygen atoms in total. The first-order valence-corrected chi connectivity index (χ1v) is 6.94. The van der Waals surface area contributed by atoms with E-state index in [1.54, 1.807) is 0 Å². The second kappa shape index (κ2) is 5.00. The van der Waals surface area contributed by atoms with Gasteiger partial charge < -0.3 is 10.8 Å². The van der Waals surface area contributed by atoms with E-state index in [0.717, 1.165) is 32.0 Å². The van der Waals surface area contributed by atoms with E-state index < -0.39 is 0 Å². The number of hydrogen-bond donors (Lipinski definition) is 2. The molecule has 0 radical (unpaired) electrons. The molecule has 1 aliphatic heterocycles. The second-order valence-corrected chi connectivity index (χ2v) is 5.79. The van der Waals surface area contributed by atoms with Crippen LogP contribution in [0, 0.1) is 11.8 Å². The monoisotopic (exact) mass is 246 g/mol. The van der Waals surface area contributed by atoms with Crippen molar-refractivity contribution in [3.8, 4) is 0 Å². The van der Waals surface area contributed by atoms with Gasteiger partial charge in [-0.3, -0.25) is 4.90 Å². The summed E-state index contributed by atoms with van der Waals surface area (Å²) in [6, 6.07) is 8.53. The number of aliphatic hydroxyl groups is 1. The molecule has 3 N–H and O–H groups in total. The number of nitrogens with two attached hydrogens (primary N) is 1. The molecule has 98 valence electrons. The van der Waals surface area contributed by atoms with Gasteiger partial charge in [-0.2, -0.15) is 0 Å². The Balaban J connectivity index is 1.64. The largest absolute Gasteiger partial charge is 0.393 e. The van der Waals surface area contributed by atoms with Gasteiger partial charge in [0.25, 0.3) is 0 Å². The lowest BCUT2D eigenvalue weighted by Crippen LogP contribution is -2.24. The molecule has 2 aliphatic rings. The summed E-state index contributed by atoms with van der Waals surface area (Å²) in [6.07, 6.45) is 2.15. The van der Waals surface area contributed by atoms with Crippen LogP contribution in [-0.2, 0) is 13.1 Å². The Labute approximate surface area is 109 Å². The van der Waals surface area contributed by atoms with Gasteiger partial charge in [0, 0.05) is 32.1 Å². The quantitative estimate of drug-likeness (QED) is 0.846. The number of nitrogens with zero attached hydrogens (tertiary/aromatic N) is 1. The number of benzene rings is 1. The summed E-state index contributed by atoms with van der Waals surface area (Å²) in [5.41, 5.74) is 8.21. The summed E-state index contributed by atoms with van der Waals surface area (Å²) in [7, 11) is 0. The van der Waals surface area contributed by atoms with Crippen molar-refractivity contribution in [1.82, 2.24) is 4.90 Å². The van der Waals surface area contributed by atoms with E-state index >= 15 is 0 Å². The van der Waals surface area contributed by atoms with E-state index in [-0.39, 0.29) is 6.10 Å². The Morgan fingerprint density at radius 3 is 2.83 bits per heavy atom. The molecule has 3 atom stereocenters. The highest BCUT2D eigenvalue weighted by Gasteiger charge is 2.41. The molecule has 18 heavy (non-hydrogen) atoms. The molecule has 1 heterocycles. The second-order valence-electron chi connectivity index (χ2n) is 5.79. The SMILES string of the molecule is NCc1cccc(CN2CC3CCC(O)C3C2)c1. The summed E-state index contributed by atoms with van der Waals surface area (Å²) in [5, 5.41) is 9.92. The van der Waals surface area contributed by atoms with Gasteiger partial charge in [-0.25, -0.2) is 0 Å². The van der Waals surface area contributed by atoms with E-state index in [4.69, 9.17) is 5.73 Å². The Bertz CT molecular complexity index is 421. The molecule has 0 spiro atoms. The van der Waals surface area contributed by atoms with Crippen LogP contribution in [-0.4, -0.2) is 29.2 Å². The lowest BCUT2D eigenvalue weighted by atomic mass is 10.00. The van der Waals surface area contributed by atoms with Crippen molar-refractivity contribution >= 4 is 0 Å². The fourth-order valence-corrected chi connectivity index (χ4v) is 3.57. The molecular weight excluding hydrogens is 224 g/mol. The molecule has 3 rings (SSSR count). The van der Waals surface area contributed by atoms with Crippen LogP contribution in [0.15, 0.2) is 24.3 Å². The van der Waals surface area contributed by atoms with Gasteiger partial charge in [0.2, 0.25) is 0 Å². The number of rotatable bonds is 3. The summed E-state index contributed by atoms with van der Waals surface area (Å²) in [6.45, 7) is 3.80. The van der Waals surface area contributed by atoms with Crippen molar-refractivity contribution in [3.63, 3.8) is 0 Å². The average Bonchev–Trinajstić information content (AvgIpc) is 2.92. The van der Waals surface area contributed by atoms with Crippen LogP contribution in [0.1, 0.15) is 24.0 Å². The van der Waals surface area contributed by atoms with Crippen LogP contribution in [0.25, 0.3) is 0 Å². The van der Waals surface area contributed by atoms with Crippen LogP contribution in [0.2, 0.25) is 0 Å². The molecule has 3 unspecified atom stereocenters. The van der Waals surface area contributed by atoms with Crippen LogP contribution in [0.5, 0.6) is 0 Å².